The van der Waals surface area contributed by atoms with E-state index in [0.29, 0.717) is 13.1 Å². The first kappa shape index (κ1) is 19.7. The fourth-order valence-corrected chi connectivity index (χ4v) is 2.22. The minimum absolute atomic E-state index is 0.0925. The van der Waals surface area contributed by atoms with Gasteiger partial charge in [-0.25, -0.2) is 4.79 Å². The predicted molar refractivity (Wildman–Crippen MR) is 84.5 cm³/mol. The fraction of sp³-hybridized carbons (Fsp3) is 0.867. The standard InChI is InChI=1S/C15H31N3O3/c1-6-17(7-2)10-9-11-18(8-3)15(21)16(5)12-13(4)14(19)20/h13H,6-12H2,1-5H3,(H,19,20). The van der Waals surface area contributed by atoms with Crippen molar-refractivity contribution < 1.29 is 14.7 Å². The van der Waals surface area contributed by atoms with Crippen molar-refractivity contribution in [1.29, 1.82) is 0 Å². The van der Waals surface area contributed by atoms with Crippen molar-refractivity contribution in [2.75, 3.05) is 46.3 Å². The van der Waals surface area contributed by atoms with E-state index < -0.39 is 11.9 Å². The van der Waals surface area contributed by atoms with Crippen molar-refractivity contribution in [3.63, 3.8) is 0 Å². The van der Waals surface area contributed by atoms with Crippen LogP contribution in [0.5, 0.6) is 0 Å². The summed E-state index contributed by atoms with van der Waals surface area (Å²) in [4.78, 5) is 28.7. The van der Waals surface area contributed by atoms with Gasteiger partial charge in [-0.1, -0.05) is 20.8 Å². The zero-order valence-corrected chi connectivity index (χ0v) is 14.1. The molecule has 1 N–H and O–H groups in total. The second-order valence-electron chi connectivity index (χ2n) is 5.36. The maximum absolute atomic E-state index is 12.3. The van der Waals surface area contributed by atoms with E-state index in [0.717, 1.165) is 26.1 Å². The summed E-state index contributed by atoms with van der Waals surface area (Å²) in [6.45, 7) is 12.4. The number of amides is 2. The van der Waals surface area contributed by atoms with E-state index in [1.165, 1.54) is 4.90 Å². The molecule has 1 atom stereocenters. The number of carboxylic acids is 1. The maximum atomic E-state index is 12.3. The van der Waals surface area contributed by atoms with Crippen LogP contribution in [0.15, 0.2) is 0 Å². The van der Waals surface area contributed by atoms with Crippen LogP contribution in [0.2, 0.25) is 0 Å². The first-order chi connectivity index (χ1) is 9.87. The molecule has 6 heteroatoms. The highest BCUT2D eigenvalue weighted by molar-refractivity contribution is 5.75. The van der Waals surface area contributed by atoms with Gasteiger partial charge in [-0.05, 0) is 33.0 Å². The van der Waals surface area contributed by atoms with Gasteiger partial charge < -0.3 is 19.8 Å². The molecule has 0 aliphatic rings. The molecule has 0 aliphatic heterocycles. The van der Waals surface area contributed by atoms with Gasteiger partial charge >= 0.3 is 12.0 Å². The number of rotatable bonds is 10. The molecular weight excluding hydrogens is 270 g/mol. The zero-order chi connectivity index (χ0) is 16.4. The van der Waals surface area contributed by atoms with E-state index in [9.17, 15) is 9.59 Å². The largest absolute Gasteiger partial charge is 0.481 e. The lowest BCUT2D eigenvalue weighted by atomic mass is 10.2. The third kappa shape index (κ3) is 7.32. The van der Waals surface area contributed by atoms with Crippen LogP contribution in [0.3, 0.4) is 0 Å². The van der Waals surface area contributed by atoms with Crippen molar-refractivity contribution in [2.45, 2.75) is 34.1 Å². The number of carbonyl (C=O) groups is 2. The highest BCUT2D eigenvalue weighted by Crippen LogP contribution is 2.04. The van der Waals surface area contributed by atoms with Crippen LogP contribution < -0.4 is 0 Å². The van der Waals surface area contributed by atoms with E-state index in [1.807, 2.05) is 6.92 Å². The van der Waals surface area contributed by atoms with Crippen LogP contribution in [0.1, 0.15) is 34.1 Å². The van der Waals surface area contributed by atoms with E-state index in [1.54, 1.807) is 18.9 Å². The molecule has 0 aromatic rings. The van der Waals surface area contributed by atoms with Gasteiger partial charge in [0, 0.05) is 26.7 Å². The molecule has 0 aromatic heterocycles. The van der Waals surface area contributed by atoms with E-state index >= 15 is 0 Å². The first-order valence-corrected chi connectivity index (χ1v) is 7.82. The molecule has 1 unspecified atom stereocenters. The smallest absolute Gasteiger partial charge is 0.319 e. The van der Waals surface area contributed by atoms with Crippen molar-refractivity contribution in [1.82, 2.24) is 14.7 Å². The molecule has 0 heterocycles. The third-order valence-corrected chi connectivity index (χ3v) is 3.74. The van der Waals surface area contributed by atoms with Crippen LogP contribution in [-0.4, -0.2) is 78.1 Å². The Balaban J connectivity index is 4.31. The molecular formula is C15H31N3O3. The molecule has 0 rings (SSSR count). The van der Waals surface area contributed by atoms with Gasteiger partial charge in [0.05, 0.1) is 5.92 Å². The average molecular weight is 301 g/mol. The van der Waals surface area contributed by atoms with Crippen LogP contribution in [0, 0.1) is 5.92 Å². The Morgan fingerprint density at radius 3 is 2.05 bits per heavy atom. The first-order valence-electron chi connectivity index (χ1n) is 7.82. The topological polar surface area (TPSA) is 64.1 Å². The summed E-state index contributed by atoms with van der Waals surface area (Å²) in [7, 11) is 1.66. The summed E-state index contributed by atoms with van der Waals surface area (Å²) in [5.74, 6) is -1.42. The highest BCUT2D eigenvalue weighted by atomic mass is 16.4. The van der Waals surface area contributed by atoms with Crippen molar-refractivity contribution in [3.05, 3.63) is 0 Å². The molecule has 0 spiro atoms. The molecule has 0 aromatic carbocycles. The second-order valence-corrected chi connectivity index (χ2v) is 5.36. The summed E-state index contributed by atoms with van der Waals surface area (Å²) in [5.41, 5.74) is 0. The van der Waals surface area contributed by atoms with Crippen LogP contribution in [0.25, 0.3) is 0 Å². The number of urea groups is 1. The SMILES string of the molecule is CCN(CC)CCCN(CC)C(=O)N(C)CC(C)C(=O)O. The van der Waals surface area contributed by atoms with E-state index in [2.05, 4.69) is 18.7 Å². The summed E-state index contributed by atoms with van der Waals surface area (Å²) in [6, 6.07) is -0.0925. The molecule has 124 valence electrons. The second kappa shape index (κ2) is 10.4. The van der Waals surface area contributed by atoms with Crippen LogP contribution in [0.4, 0.5) is 4.79 Å². The molecule has 0 radical (unpaired) electrons. The summed E-state index contributed by atoms with van der Waals surface area (Å²) < 4.78 is 0. The van der Waals surface area contributed by atoms with Crippen LogP contribution in [-0.2, 0) is 4.79 Å². The summed E-state index contributed by atoms with van der Waals surface area (Å²) in [5, 5.41) is 8.91. The minimum Gasteiger partial charge on any atom is -0.481 e. The van der Waals surface area contributed by atoms with Crippen molar-refractivity contribution in [2.24, 2.45) is 5.92 Å². The maximum Gasteiger partial charge on any atom is 0.319 e. The molecule has 6 nitrogen and oxygen atoms in total. The lowest BCUT2D eigenvalue weighted by Crippen LogP contribution is -2.44. The number of aliphatic carboxylic acids is 1. The highest BCUT2D eigenvalue weighted by Gasteiger charge is 2.21. The van der Waals surface area contributed by atoms with Gasteiger partial charge in [0.2, 0.25) is 0 Å². The van der Waals surface area contributed by atoms with E-state index in [4.69, 9.17) is 5.11 Å². The van der Waals surface area contributed by atoms with Gasteiger partial charge in [0.15, 0.2) is 0 Å². The monoisotopic (exact) mass is 301 g/mol. The zero-order valence-electron chi connectivity index (χ0n) is 14.1. The van der Waals surface area contributed by atoms with Gasteiger partial charge in [0.1, 0.15) is 0 Å². The summed E-state index contributed by atoms with van der Waals surface area (Å²) >= 11 is 0. The molecule has 2 amide bonds. The summed E-state index contributed by atoms with van der Waals surface area (Å²) in [6.07, 6.45) is 0.934. The van der Waals surface area contributed by atoms with Gasteiger partial charge in [-0.15, -0.1) is 0 Å². The lowest BCUT2D eigenvalue weighted by molar-refractivity contribution is -0.141. The predicted octanol–water partition coefficient (Wildman–Crippen LogP) is 1.81. The normalized spacial score (nSPS) is 12.3. The van der Waals surface area contributed by atoms with Crippen molar-refractivity contribution in [3.8, 4) is 0 Å². The quantitative estimate of drug-likeness (QED) is 0.668. The molecule has 0 saturated heterocycles. The molecule has 21 heavy (non-hydrogen) atoms. The third-order valence-electron chi connectivity index (χ3n) is 3.74. The van der Waals surface area contributed by atoms with Gasteiger partial charge in [-0.2, -0.15) is 0 Å². The van der Waals surface area contributed by atoms with Crippen LogP contribution >= 0.6 is 0 Å². The van der Waals surface area contributed by atoms with Crippen molar-refractivity contribution >= 4 is 12.0 Å². The molecule has 0 bridgehead atoms. The number of carboxylic acid groups (broad SMARTS) is 1. The average Bonchev–Trinajstić information content (AvgIpc) is 2.46. The lowest BCUT2D eigenvalue weighted by Gasteiger charge is -2.29. The Bertz CT molecular complexity index is 319. The number of nitrogens with zero attached hydrogens (tertiary/aromatic N) is 3. The number of hydrogen-bond donors (Lipinski definition) is 1. The molecule has 0 aliphatic carbocycles. The number of hydrogen-bond acceptors (Lipinski definition) is 3. The molecule has 0 fully saturated rings. The Kier molecular flexibility index (Phi) is 9.78. The fourth-order valence-electron chi connectivity index (χ4n) is 2.22. The van der Waals surface area contributed by atoms with E-state index in [-0.39, 0.29) is 12.6 Å². The minimum atomic E-state index is -0.876. The molecule has 0 saturated carbocycles. The van der Waals surface area contributed by atoms with Gasteiger partial charge in [-0.3, -0.25) is 4.79 Å². The Morgan fingerprint density at radius 2 is 1.62 bits per heavy atom. The Labute approximate surface area is 128 Å². The number of carbonyl (C=O) groups excluding carboxylic acids is 1. The Hall–Kier alpha value is -1.30. The van der Waals surface area contributed by atoms with Gasteiger partial charge in [0.25, 0.3) is 0 Å². The Morgan fingerprint density at radius 1 is 1.05 bits per heavy atom.